The molecule has 30 heavy (non-hydrogen) atoms. The molecule has 1 saturated heterocycles. The third kappa shape index (κ3) is 5.11. The largest absolute Gasteiger partial charge is 0.370 e. The van der Waals surface area contributed by atoms with Crippen LogP contribution in [-0.2, 0) is 17.2 Å². The molecule has 0 spiro atoms. The summed E-state index contributed by atoms with van der Waals surface area (Å²) >= 11 is 6.10. The number of aliphatic imine (C=N–C) groups is 1. The number of morpholine rings is 1. The quantitative estimate of drug-likeness (QED) is 0.350. The fourth-order valence-electron chi connectivity index (χ4n) is 4.25. The molecule has 8 heteroatoms. The van der Waals surface area contributed by atoms with Gasteiger partial charge in [-0.3, -0.25) is 9.67 Å². The van der Waals surface area contributed by atoms with Crippen molar-refractivity contribution in [3.05, 3.63) is 52.8 Å². The molecule has 1 aromatic carbocycles. The number of nitrogens with zero attached hydrogens (tertiary/aromatic N) is 4. The Kier molecular flexibility index (Phi) is 8.04. The number of hydrogen-bond acceptors (Lipinski definition) is 3. The lowest BCUT2D eigenvalue weighted by Gasteiger charge is -2.42. The Bertz CT molecular complexity index is 849. The van der Waals surface area contributed by atoms with E-state index in [0.29, 0.717) is 6.61 Å². The van der Waals surface area contributed by atoms with Gasteiger partial charge in [0.1, 0.15) is 6.10 Å². The summed E-state index contributed by atoms with van der Waals surface area (Å²) in [6.45, 7) is 6.08. The van der Waals surface area contributed by atoms with Gasteiger partial charge in [0.2, 0.25) is 0 Å². The molecule has 0 radical (unpaired) electrons. The third-order valence-electron chi connectivity index (χ3n) is 6.10. The second kappa shape index (κ2) is 10.3. The number of aryl methyl sites for hydroxylation is 1. The van der Waals surface area contributed by atoms with Crippen molar-refractivity contribution in [1.29, 1.82) is 0 Å². The molecule has 2 aliphatic rings. The normalized spacial score (nSPS) is 21.0. The molecule has 1 unspecified atom stereocenters. The fraction of sp³-hybridized carbons (Fsp3) is 0.545. The first kappa shape index (κ1) is 23.3. The number of ether oxygens (including phenoxy) is 1. The van der Waals surface area contributed by atoms with Crippen molar-refractivity contribution in [2.45, 2.75) is 37.7 Å². The maximum Gasteiger partial charge on any atom is 0.194 e. The predicted molar refractivity (Wildman–Crippen MR) is 132 cm³/mol. The average molecular weight is 544 g/mol. The van der Waals surface area contributed by atoms with Crippen LogP contribution < -0.4 is 5.32 Å². The summed E-state index contributed by atoms with van der Waals surface area (Å²) in [5.41, 5.74) is 2.60. The summed E-state index contributed by atoms with van der Waals surface area (Å²) in [6.07, 6.45) is 7.56. The lowest BCUT2D eigenvalue weighted by atomic mass is 9.64. The summed E-state index contributed by atoms with van der Waals surface area (Å²) in [5.74, 6) is 0.977. The SMILES string of the molecule is CCNC(=NCC1(c2ccc(Cl)cc2)CCC1)N1CCOC(c2cnn(C)c2)C1.I. The van der Waals surface area contributed by atoms with Gasteiger partial charge in [-0.15, -0.1) is 24.0 Å². The van der Waals surface area contributed by atoms with Crippen LogP contribution in [0.2, 0.25) is 5.02 Å². The monoisotopic (exact) mass is 543 g/mol. The Hall–Kier alpha value is -1.32. The molecule has 4 rings (SSSR count). The van der Waals surface area contributed by atoms with Crippen LogP contribution in [0.1, 0.15) is 43.4 Å². The van der Waals surface area contributed by atoms with Crippen LogP contribution in [0, 0.1) is 0 Å². The highest BCUT2D eigenvalue weighted by molar-refractivity contribution is 14.0. The van der Waals surface area contributed by atoms with Crippen molar-refractivity contribution in [1.82, 2.24) is 20.0 Å². The maximum absolute atomic E-state index is 6.10. The van der Waals surface area contributed by atoms with E-state index in [4.69, 9.17) is 21.3 Å². The molecule has 1 N–H and O–H groups in total. The Morgan fingerprint density at radius 2 is 2.10 bits per heavy atom. The predicted octanol–water partition coefficient (Wildman–Crippen LogP) is 4.15. The van der Waals surface area contributed by atoms with E-state index >= 15 is 0 Å². The standard InChI is InChI=1S/C22H30ClN5O.HI/c1-3-24-21(28-11-12-29-20(15-28)17-13-26-27(2)14-17)25-16-22(9-4-10-22)18-5-7-19(23)8-6-18;/h5-8,13-14,20H,3-4,9-12,15-16H2,1-2H3,(H,24,25);1H. The van der Waals surface area contributed by atoms with Gasteiger partial charge in [0, 0.05) is 42.3 Å². The van der Waals surface area contributed by atoms with Crippen LogP contribution in [-0.4, -0.2) is 53.4 Å². The summed E-state index contributed by atoms with van der Waals surface area (Å²) in [6, 6.07) is 8.31. The van der Waals surface area contributed by atoms with Gasteiger partial charge in [0.05, 0.1) is 25.9 Å². The molecule has 1 atom stereocenters. The zero-order chi connectivity index (χ0) is 20.3. The van der Waals surface area contributed by atoms with E-state index in [0.717, 1.165) is 42.7 Å². The number of rotatable bonds is 5. The van der Waals surface area contributed by atoms with Gasteiger partial charge >= 0.3 is 0 Å². The van der Waals surface area contributed by atoms with Crippen LogP contribution >= 0.6 is 35.6 Å². The first-order valence-corrected chi connectivity index (χ1v) is 10.9. The molecule has 6 nitrogen and oxygen atoms in total. The van der Waals surface area contributed by atoms with E-state index in [9.17, 15) is 0 Å². The molecule has 2 fully saturated rings. The second-order valence-corrected chi connectivity index (χ2v) is 8.50. The van der Waals surface area contributed by atoms with Gasteiger partial charge < -0.3 is 15.0 Å². The molecule has 1 saturated carbocycles. The smallest absolute Gasteiger partial charge is 0.194 e. The van der Waals surface area contributed by atoms with Gasteiger partial charge in [0.15, 0.2) is 5.96 Å². The van der Waals surface area contributed by atoms with Crippen molar-refractivity contribution < 1.29 is 4.74 Å². The molecular formula is C22H31ClIN5O. The van der Waals surface area contributed by atoms with E-state index in [-0.39, 0.29) is 35.5 Å². The summed E-state index contributed by atoms with van der Waals surface area (Å²) in [7, 11) is 1.93. The Morgan fingerprint density at radius 1 is 1.33 bits per heavy atom. The van der Waals surface area contributed by atoms with Gasteiger partial charge in [-0.2, -0.15) is 5.10 Å². The highest BCUT2D eigenvalue weighted by Gasteiger charge is 2.39. The molecule has 0 amide bonds. The third-order valence-corrected chi connectivity index (χ3v) is 6.35. The van der Waals surface area contributed by atoms with E-state index in [1.807, 2.05) is 36.3 Å². The zero-order valence-corrected chi connectivity index (χ0v) is 20.8. The number of halogens is 2. The van der Waals surface area contributed by atoms with E-state index in [2.05, 4.69) is 34.4 Å². The number of benzene rings is 1. The van der Waals surface area contributed by atoms with Crippen molar-refractivity contribution in [3.8, 4) is 0 Å². The summed E-state index contributed by atoms with van der Waals surface area (Å²) in [4.78, 5) is 7.40. The number of hydrogen-bond donors (Lipinski definition) is 1. The zero-order valence-electron chi connectivity index (χ0n) is 17.7. The molecule has 164 valence electrons. The molecule has 2 aromatic rings. The molecule has 0 bridgehead atoms. The van der Waals surface area contributed by atoms with Gasteiger partial charge in [-0.05, 0) is 37.5 Å². The second-order valence-electron chi connectivity index (χ2n) is 8.06. The fourth-order valence-corrected chi connectivity index (χ4v) is 4.37. The lowest BCUT2D eigenvalue weighted by molar-refractivity contribution is -0.00810. The Morgan fingerprint density at radius 3 is 2.70 bits per heavy atom. The molecule has 1 aliphatic heterocycles. The number of nitrogens with one attached hydrogen (secondary N) is 1. The Labute approximate surface area is 201 Å². The molecule has 2 heterocycles. The first-order valence-electron chi connectivity index (χ1n) is 10.5. The van der Waals surface area contributed by atoms with Crippen LogP contribution in [0.3, 0.4) is 0 Å². The topological polar surface area (TPSA) is 54.7 Å². The lowest BCUT2D eigenvalue weighted by Crippen LogP contribution is -2.49. The van der Waals surface area contributed by atoms with Crippen LogP contribution in [0.5, 0.6) is 0 Å². The molecular weight excluding hydrogens is 513 g/mol. The van der Waals surface area contributed by atoms with E-state index in [1.54, 1.807) is 0 Å². The first-order chi connectivity index (χ1) is 14.1. The Balaban J connectivity index is 0.00000256. The highest BCUT2D eigenvalue weighted by atomic mass is 127. The van der Waals surface area contributed by atoms with Crippen molar-refractivity contribution in [2.75, 3.05) is 32.8 Å². The minimum absolute atomic E-state index is 0. The van der Waals surface area contributed by atoms with Crippen molar-refractivity contribution in [3.63, 3.8) is 0 Å². The van der Waals surface area contributed by atoms with E-state index < -0.39 is 0 Å². The molecule has 1 aromatic heterocycles. The van der Waals surface area contributed by atoms with Gasteiger partial charge in [0.25, 0.3) is 0 Å². The van der Waals surface area contributed by atoms with Gasteiger partial charge in [-0.25, -0.2) is 0 Å². The van der Waals surface area contributed by atoms with Gasteiger partial charge in [-0.1, -0.05) is 30.2 Å². The van der Waals surface area contributed by atoms with Crippen LogP contribution in [0.15, 0.2) is 41.7 Å². The number of aromatic nitrogens is 2. The van der Waals surface area contributed by atoms with Crippen molar-refractivity contribution >= 4 is 41.5 Å². The average Bonchev–Trinajstić information content (AvgIpc) is 3.14. The summed E-state index contributed by atoms with van der Waals surface area (Å²) < 4.78 is 7.83. The molecule has 1 aliphatic carbocycles. The maximum atomic E-state index is 6.10. The summed E-state index contributed by atoms with van der Waals surface area (Å²) in [5, 5.41) is 8.56. The van der Waals surface area contributed by atoms with Crippen molar-refractivity contribution in [2.24, 2.45) is 12.0 Å². The van der Waals surface area contributed by atoms with Crippen LogP contribution in [0.25, 0.3) is 0 Å². The number of guanidine groups is 1. The minimum atomic E-state index is 0. The van der Waals surface area contributed by atoms with E-state index in [1.165, 1.54) is 24.8 Å². The highest BCUT2D eigenvalue weighted by Crippen LogP contribution is 2.44. The minimum Gasteiger partial charge on any atom is -0.370 e. The van der Waals surface area contributed by atoms with Crippen LogP contribution in [0.4, 0.5) is 0 Å².